The summed E-state index contributed by atoms with van der Waals surface area (Å²) < 4.78 is 64.0. The van der Waals surface area contributed by atoms with E-state index in [1.165, 1.54) is 36.4 Å². The minimum absolute atomic E-state index is 0.111. The van der Waals surface area contributed by atoms with E-state index in [-0.39, 0.29) is 18.0 Å². The number of morpholine rings is 1. The number of rotatable bonds is 8. The number of phenolic OH excluding ortho intramolecular Hbond substituents is 1. The molecule has 0 bridgehead atoms. The van der Waals surface area contributed by atoms with Crippen LogP contribution in [0.4, 0.5) is 0 Å². The van der Waals surface area contributed by atoms with Crippen LogP contribution >= 0.6 is 0 Å². The largest absolute Gasteiger partial charge is 0.508 e. The van der Waals surface area contributed by atoms with Gasteiger partial charge in [-0.3, -0.25) is 4.90 Å². The molecule has 3 rings (SSSR count). The van der Waals surface area contributed by atoms with Crippen molar-refractivity contribution < 1.29 is 30.9 Å². The lowest BCUT2D eigenvalue weighted by Crippen LogP contribution is -2.41. The minimum Gasteiger partial charge on any atom is -0.508 e. The summed E-state index contributed by atoms with van der Waals surface area (Å²) in [4.78, 5) is 1.18. The van der Waals surface area contributed by atoms with Crippen molar-refractivity contribution in [1.29, 1.82) is 0 Å². The Morgan fingerprint density at radius 2 is 1.73 bits per heavy atom. The summed E-state index contributed by atoms with van der Waals surface area (Å²) >= 11 is 0. The second-order valence-corrected chi connectivity index (χ2v) is 10.1. The van der Waals surface area contributed by atoms with Crippen LogP contribution in [0.2, 0.25) is 0 Å². The summed E-state index contributed by atoms with van der Waals surface area (Å²) in [6.45, 7) is 4.89. The smallest absolute Gasteiger partial charge is 0.340 e. The van der Waals surface area contributed by atoms with Gasteiger partial charge in [0.2, 0.25) is 10.0 Å². The zero-order chi connectivity index (χ0) is 21.8. The van der Waals surface area contributed by atoms with Gasteiger partial charge in [0.25, 0.3) is 0 Å². The first-order valence-electron chi connectivity index (χ1n) is 9.31. The number of nitrogens with zero attached hydrogens (tertiary/aromatic N) is 1. The third-order valence-corrected chi connectivity index (χ3v) is 7.43. The summed E-state index contributed by atoms with van der Waals surface area (Å²) in [6.07, 6.45) is 0. The van der Waals surface area contributed by atoms with Gasteiger partial charge in [-0.2, -0.15) is 8.42 Å². The van der Waals surface area contributed by atoms with Crippen LogP contribution in [0.1, 0.15) is 5.56 Å². The number of ether oxygens (including phenoxy) is 1. The molecule has 164 valence electrons. The topological polar surface area (TPSA) is 122 Å². The number of phenols is 1. The second-order valence-electron chi connectivity index (χ2n) is 6.84. The van der Waals surface area contributed by atoms with Gasteiger partial charge < -0.3 is 14.0 Å². The molecule has 0 aliphatic carbocycles. The maximum atomic E-state index is 12.8. The molecule has 2 aromatic carbocycles. The van der Waals surface area contributed by atoms with Crippen molar-refractivity contribution in [3.8, 4) is 11.5 Å². The van der Waals surface area contributed by atoms with E-state index in [9.17, 15) is 21.9 Å². The number of nitrogens with one attached hydrogen (secondary N) is 1. The fourth-order valence-corrected chi connectivity index (χ4v) is 5.81. The van der Waals surface area contributed by atoms with E-state index in [2.05, 4.69) is 9.62 Å². The summed E-state index contributed by atoms with van der Waals surface area (Å²) in [5, 5.41) is 9.66. The van der Waals surface area contributed by atoms with Crippen molar-refractivity contribution in [3.63, 3.8) is 0 Å². The minimum atomic E-state index is -4.46. The van der Waals surface area contributed by atoms with Crippen LogP contribution in [0, 0.1) is 6.92 Å². The van der Waals surface area contributed by atoms with E-state index >= 15 is 0 Å². The highest BCUT2D eigenvalue weighted by atomic mass is 32.2. The van der Waals surface area contributed by atoms with Crippen molar-refractivity contribution in [1.82, 2.24) is 9.62 Å². The van der Waals surface area contributed by atoms with Crippen LogP contribution < -0.4 is 8.91 Å². The molecule has 0 atom stereocenters. The second kappa shape index (κ2) is 9.31. The number of sulfonamides is 1. The van der Waals surface area contributed by atoms with Gasteiger partial charge in [-0.15, -0.1) is 0 Å². The summed E-state index contributed by atoms with van der Waals surface area (Å²) in [5.41, 5.74) is 0.589. The highest BCUT2D eigenvalue weighted by Crippen LogP contribution is 2.27. The van der Waals surface area contributed by atoms with Gasteiger partial charge in [0, 0.05) is 32.2 Å². The Balaban J connectivity index is 1.79. The standard InChI is InChI=1S/C19H24N2O7S2/c1-15-12-16(22)14-17(13-15)28-30(25,26)19-5-3-2-4-18(19)29(23,24)20-6-7-21-8-10-27-11-9-21/h2-5,12-14,20,22H,6-11H2,1H3. The monoisotopic (exact) mass is 456 g/mol. The maximum absolute atomic E-state index is 12.8. The highest BCUT2D eigenvalue weighted by Gasteiger charge is 2.28. The Kier molecular flexibility index (Phi) is 6.98. The Labute approximate surface area is 176 Å². The lowest BCUT2D eigenvalue weighted by atomic mass is 10.2. The van der Waals surface area contributed by atoms with E-state index < -0.39 is 29.9 Å². The predicted octanol–water partition coefficient (Wildman–Crippen LogP) is 1.08. The zero-order valence-electron chi connectivity index (χ0n) is 16.4. The molecule has 9 nitrogen and oxygen atoms in total. The Morgan fingerprint density at radius 3 is 2.40 bits per heavy atom. The molecule has 0 aromatic heterocycles. The number of benzene rings is 2. The average Bonchev–Trinajstić information content (AvgIpc) is 2.67. The fraction of sp³-hybridized carbons (Fsp3) is 0.368. The van der Waals surface area contributed by atoms with Crippen molar-refractivity contribution in [2.75, 3.05) is 39.4 Å². The van der Waals surface area contributed by atoms with Crippen LogP contribution in [0.3, 0.4) is 0 Å². The van der Waals surface area contributed by atoms with Gasteiger partial charge in [0.1, 0.15) is 21.3 Å². The van der Waals surface area contributed by atoms with Crippen molar-refractivity contribution in [2.24, 2.45) is 0 Å². The molecule has 0 amide bonds. The summed E-state index contributed by atoms with van der Waals surface area (Å²) in [6, 6.07) is 9.24. The van der Waals surface area contributed by atoms with Gasteiger partial charge in [0.15, 0.2) is 0 Å². The Bertz CT molecular complexity index is 1080. The molecule has 1 aliphatic rings. The Morgan fingerprint density at radius 1 is 1.07 bits per heavy atom. The summed E-state index contributed by atoms with van der Waals surface area (Å²) in [7, 11) is -8.56. The molecule has 0 saturated carbocycles. The third kappa shape index (κ3) is 5.70. The summed E-state index contributed by atoms with van der Waals surface area (Å²) in [5.74, 6) is -0.272. The Hall–Kier alpha value is -2.18. The van der Waals surface area contributed by atoms with E-state index in [1.807, 2.05) is 0 Å². The van der Waals surface area contributed by atoms with Crippen LogP contribution in [0.15, 0.2) is 52.3 Å². The number of aromatic hydroxyl groups is 1. The zero-order valence-corrected chi connectivity index (χ0v) is 18.1. The van der Waals surface area contributed by atoms with E-state index in [0.29, 0.717) is 38.4 Å². The molecular weight excluding hydrogens is 432 g/mol. The molecule has 1 fully saturated rings. The highest BCUT2D eigenvalue weighted by molar-refractivity contribution is 7.91. The van der Waals surface area contributed by atoms with E-state index in [1.54, 1.807) is 6.92 Å². The number of aryl methyl sites for hydroxylation is 1. The average molecular weight is 457 g/mol. The first-order valence-corrected chi connectivity index (χ1v) is 12.2. The molecule has 0 unspecified atom stereocenters. The van der Waals surface area contributed by atoms with E-state index in [0.717, 1.165) is 6.07 Å². The molecule has 1 aliphatic heterocycles. The third-order valence-electron chi connectivity index (χ3n) is 4.47. The molecule has 0 radical (unpaired) electrons. The van der Waals surface area contributed by atoms with Crippen LogP contribution in [0.5, 0.6) is 11.5 Å². The van der Waals surface area contributed by atoms with Gasteiger partial charge >= 0.3 is 10.1 Å². The molecule has 30 heavy (non-hydrogen) atoms. The van der Waals surface area contributed by atoms with E-state index in [4.69, 9.17) is 8.92 Å². The molecule has 0 spiro atoms. The molecular formula is C19H24N2O7S2. The SMILES string of the molecule is Cc1cc(O)cc(OS(=O)(=O)c2ccccc2S(=O)(=O)NCCN2CCOCC2)c1. The van der Waals surface area contributed by atoms with Gasteiger partial charge in [-0.1, -0.05) is 12.1 Å². The maximum Gasteiger partial charge on any atom is 0.340 e. The van der Waals surface area contributed by atoms with Crippen LogP contribution in [-0.2, 0) is 24.9 Å². The quantitative estimate of drug-likeness (QED) is 0.566. The first-order chi connectivity index (χ1) is 14.2. The van der Waals surface area contributed by atoms with Crippen LogP contribution in [0.25, 0.3) is 0 Å². The normalized spacial score (nSPS) is 15.8. The molecule has 11 heteroatoms. The number of hydrogen-bond donors (Lipinski definition) is 2. The molecule has 2 aromatic rings. The fourth-order valence-electron chi connectivity index (χ4n) is 3.07. The molecule has 1 heterocycles. The lowest BCUT2D eigenvalue weighted by molar-refractivity contribution is 0.0390. The van der Waals surface area contributed by atoms with Gasteiger partial charge in [0.05, 0.1) is 13.2 Å². The number of hydrogen-bond acceptors (Lipinski definition) is 8. The van der Waals surface area contributed by atoms with Gasteiger partial charge in [-0.05, 0) is 36.8 Å². The predicted molar refractivity (Wildman–Crippen MR) is 110 cm³/mol. The van der Waals surface area contributed by atoms with Crippen molar-refractivity contribution in [2.45, 2.75) is 16.7 Å². The van der Waals surface area contributed by atoms with Gasteiger partial charge in [-0.25, -0.2) is 13.1 Å². The first kappa shape index (κ1) is 22.5. The van der Waals surface area contributed by atoms with Crippen molar-refractivity contribution >= 4 is 20.1 Å². The lowest BCUT2D eigenvalue weighted by Gasteiger charge is -2.26. The van der Waals surface area contributed by atoms with Crippen LogP contribution in [-0.4, -0.2) is 66.2 Å². The van der Waals surface area contributed by atoms with Crippen molar-refractivity contribution in [3.05, 3.63) is 48.0 Å². The molecule has 1 saturated heterocycles. The molecule has 2 N–H and O–H groups in total.